The highest BCUT2D eigenvalue weighted by Gasteiger charge is 2.22. The Kier molecular flexibility index (Phi) is 4.90. The molecular weight excluding hydrogens is 354 g/mol. The molecule has 2 aromatic carbocycles. The summed E-state index contributed by atoms with van der Waals surface area (Å²) in [6.07, 6.45) is 2.11. The zero-order valence-electron chi connectivity index (χ0n) is 15.3. The first-order valence-electron chi connectivity index (χ1n) is 9.04. The molecule has 5 N–H and O–H groups in total. The summed E-state index contributed by atoms with van der Waals surface area (Å²) in [5.74, 6) is 0.318. The number of hydrogen-bond acceptors (Lipinski definition) is 6. The van der Waals surface area contributed by atoms with E-state index in [9.17, 15) is 4.79 Å². The van der Waals surface area contributed by atoms with E-state index in [4.69, 9.17) is 16.2 Å². The molecule has 7 heteroatoms. The SMILES string of the molecule is NC(=O)c1nc(Cc2cccc(CNC3COc4ccccc43)c2)cnc1N. The maximum absolute atomic E-state index is 11.4. The molecule has 0 spiro atoms. The number of nitrogens with zero attached hydrogens (tertiary/aromatic N) is 2. The number of amides is 1. The number of nitrogens with two attached hydrogens (primary N) is 2. The number of ether oxygens (including phenoxy) is 1. The maximum Gasteiger partial charge on any atom is 0.271 e. The van der Waals surface area contributed by atoms with Gasteiger partial charge in [0.1, 0.15) is 12.4 Å². The van der Waals surface area contributed by atoms with Crippen molar-refractivity contribution >= 4 is 11.7 Å². The molecule has 4 rings (SSSR count). The standard InChI is InChI=1S/C21H21N5O2/c22-20-19(21(23)27)26-15(11-25-20)9-13-4-3-5-14(8-13)10-24-17-12-28-18-7-2-1-6-16(17)18/h1-8,11,17,24H,9-10,12H2,(H2,22,25)(H2,23,27). The van der Waals surface area contributed by atoms with Crippen molar-refractivity contribution in [1.82, 2.24) is 15.3 Å². The van der Waals surface area contributed by atoms with Gasteiger partial charge in [-0.3, -0.25) is 4.79 Å². The number of nitrogens with one attached hydrogen (secondary N) is 1. The van der Waals surface area contributed by atoms with Crippen molar-refractivity contribution in [3.05, 3.63) is 82.8 Å². The quantitative estimate of drug-likeness (QED) is 0.607. The summed E-state index contributed by atoms with van der Waals surface area (Å²) in [5, 5.41) is 3.55. The second-order valence-corrected chi connectivity index (χ2v) is 6.74. The first-order valence-corrected chi connectivity index (χ1v) is 9.04. The van der Waals surface area contributed by atoms with Crippen molar-refractivity contribution in [2.24, 2.45) is 5.73 Å². The number of hydrogen-bond donors (Lipinski definition) is 3. The highest BCUT2D eigenvalue weighted by atomic mass is 16.5. The molecule has 0 bridgehead atoms. The van der Waals surface area contributed by atoms with Gasteiger partial charge in [-0.15, -0.1) is 0 Å². The number of rotatable bonds is 6. The maximum atomic E-state index is 11.4. The van der Waals surface area contributed by atoms with Gasteiger partial charge in [-0.05, 0) is 17.2 Å². The van der Waals surface area contributed by atoms with E-state index < -0.39 is 5.91 Å². The number of benzene rings is 2. The molecule has 1 atom stereocenters. The smallest absolute Gasteiger partial charge is 0.271 e. The van der Waals surface area contributed by atoms with Gasteiger partial charge in [0.25, 0.3) is 5.91 Å². The Morgan fingerprint density at radius 1 is 1.18 bits per heavy atom. The van der Waals surface area contributed by atoms with Crippen LogP contribution >= 0.6 is 0 Å². The summed E-state index contributed by atoms with van der Waals surface area (Å²) in [7, 11) is 0. The number of anilines is 1. The van der Waals surface area contributed by atoms with Crippen molar-refractivity contribution in [3.8, 4) is 5.75 Å². The molecule has 0 saturated heterocycles. The minimum atomic E-state index is -0.677. The Balaban J connectivity index is 1.44. The van der Waals surface area contributed by atoms with Crippen LogP contribution in [0.2, 0.25) is 0 Å². The third-order valence-electron chi connectivity index (χ3n) is 4.71. The molecule has 1 aliphatic rings. The van der Waals surface area contributed by atoms with Gasteiger partial charge < -0.3 is 21.5 Å². The first-order chi connectivity index (χ1) is 13.6. The zero-order valence-corrected chi connectivity index (χ0v) is 15.3. The highest BCUT2D eigenvalue weighted by molar-refractivity contribution is 5.94. The fraction of sp³-hybridized carbons (Fsp3) is 0.190. The van der Waals surface area contributed by atoms with Crippen molar-refractivity contribution < 1.29 is 9.53 Å². The molecule has 0 fully saturated rings. The third-order valence-corrected chi connectivity index (χ3v) is 4.71. The third kappa shape index (κ3) is 3.79. The van der Waals surface area contributed by atoms with Crippen LogP contribution in [0.4, 0.5) is 5.82 Å². The first kappa shape index (κ1) is 17.9. The van der Waals surface area contributed by atoms with Gasteiger partial charge in [-0.25, -0.2) is 9.97 Å². The molecule has 1 aromatic heterocycles. The molecule has 0 radical (unpaired) electrons. The van der Waals surface area contributed by atoms with Crippen LogP contribution in [0, 0.1) is 0 Å². The van der Waals surface area contributed by atoms with Crippen molar-refractivity contribution in [1.29, 1.82) is 0 Å². The van der Waals surface area contributed by atoms with E-state index in [1.54, 1.807) is 6.20 Å². The number of fused-ring (bicyclic) bond motifs is 1. The van der Waals surface area contributed by atoms with Crippen LogP contribution < -0.4 is 21.5 Å². The number of carbonyl (C=O) groups excluding carboxylic acids is 1. The van der Waals surface area contributed by atoms with Gasteiger partial charge in [0.05, 0.1) is 17.9 Å². The molecule has 1 aliphatic heterocycles. The van der Waals surface area contributed by atoms with E-state index in [1.165, 1.54) is 5.56 Å². The van der Waals surface area contributed by atoms with Crippen LogP contribution in [0.15, 0.2) is 54.7 Å². The predicted octanol–water partition coefficient (Wildman–Crippen LogP) is 1.97. The second-order valence-electron chi connectivity index (χ2n) is 6.74. The Labute approximate surface area is 162 Å². The Morgan fingerprint density at radius 2 is 2.00 bits per heavy atom. The molecule has 3 aromatic rings. The van der Waals surface area contributed by atoms with E-state index in [2.05, 4.69) is 33.5 Å². The van der Waals surface area contributed by atoms with Crippen molar-refractivity contribution in [3.63, 3.8) is 0 Å². The summed E-state index contributed by atoms with van der Waals surface area (Å²) in [6.45, 7) is 1.35. The average molecular weight is 375 g/mol. The molecule has 28 heavy (non-hydrogen) atoms. The number of primary amides is 1. The van der Waals surface area contributed by atoms with E-state index >= 15 is 0 Å². The summed E-state index contributed by atoms with van der Waals surface area (Å²) >= 11 is 0. The van der Waals surface area contributed by atoms with Gasteiger partial charge >= 0.3 is 0 Å². The summed E-state index contributed by atoms with van der Waals surface area (Å²) in [4.78, 5) is 19.7. The van der Waals surface area contributed by atoms with Crippen LogP contribution in [0.1, 0.15) is 38.9 Å². The normalized spacial score (nSPS) is 15.1. The molecule has 7 nitrogen and oxygen atoms in total. The molecule has 0 saturated carbocycles. The minimum Gasteiger partial charge on any atom is -0.491 e. The Morgan fingerprint density at radius 3 is 2.86 bits per heavy atom. The zero-order chi connectivity index (χ0) is 19.5. The fourth-order valence-electron chi connectivity index (χ4n) is 3.33. The van der Waals surface area contributed by atoms with Crippen LogP contribution in [-0.2, 0) is 13.0 Å². The van der Waals surface area contributed by atoms with Gasteiger partial charge in [0, 0.05) is 18.5 Å². The Hall–Kier alpha value is -3.45. The summed E-state index contributed by atoms with van der Waals surface area (Å²) < 4.78 is 5.72. The van der Waals surface area contributed by atoms with Crippen LogP contribution in [-0.4, -0.2) is 22.5 Å². The fourth-order valence-corrected chi connectivity index (χ4v) is 3.33. The highest BCUT2D eigenvalue weighted by Crippen LogP contribution is 2.31. The minimum absolute atomic E-state index is 0.00946. The second kappa shape index (κ2) is 7.66. The van der Waals surface area contributed by atoms with Gasteiger partial charge in [0.2, 0.25) is 0 Å². The molecule has 1 unspecified atom stereocenters. The lowest BCUT2D eigenvalue weighted by molar-refractivity contribution is 0.0996. The molecular formula is C21H21N5O2. The van der Waals surface area contributed by atoms with E-state index in [0.29, 0.717) is 18.7 Å². The lowest BCUT2D eigenvalue weighted by Gasteiger charge is -2.12. The summed E-state index contributed by atoms with van der Waals surface area (Å²) in [5.41, 5.74) is 15.0. The molecule has 1 amide bonds. The predicted molar refractivity (Wildman–Crippen MR) is 106 cm³/mol. The largest absolute Gasteiger partial charge is 0.491 e. The lowest BCUT2D eigenvalue weighted by Crippen LogP contribution is -2.22. The average Bonchev–Trinajstić information content (AvgIpc) is 3.11. The topological polar surface area (TPSA) is 116 Å². The van der Waals surface area contributed by atoms with E-state index in [-0.39, 0.29) is 17.6 Å². The van der Waals surface area contributed by atoms with E-state index in [1.807, 2.05) is 30.3 Å². The summed E-state index contributed by atoms with van der Waals surface area (Å²) in [6, 6.07) is 16.5. The molecule has 142 valence electrons. The van der Waals surface area contributed by atoms with E-state index in [0.717, 1.165) is 23.4 Å². The number of carbonyl (C=O) groups is 1. The number of aromatic nitrogens is 2. The lowest BCUT2D eigenvalue weighted by atomic mass is 10.1. The van der Waals surface area contributed by atoms with Crippen LogP contribution in [0.25, 0.3) is 0 Å². The number of nitrogen functional groups attached to an aromatic ring is 1. The Bertz CT molecular complexity index is 1020. The van der Waals surface area contributed by atoms with Gasteiger partial charge in [-0.2, -0.15) is 0 Å². The molecule has 2 heterocycles. The van der Waals surface area contributed by atoms with Gasteiger partial charge in [-0.1, -0.05) is 42.5 Å². The van der Waals surface area contributed by atoms with Gasteiger partial charge in [0.15, 0.2) is 11.5 Å². The monoisotopic (exact) mass is 375 g/mol. The number of para-hydroxylation sites is 1. The van der Waals surface area contributed by atoms with Crippen molar-refractivity contribution in [2.45, 2.75) is 19.0 Å². The van der Waals surface area contributed by atoms with Crippen molar-refractivity contribution in [2.75, 3.05) is 12.3 Å². The van der Waals surface area contributed by atoms with Crippen LogP contribution in [0.5, 0.6) is 5.75 Å². The van der Waals surface area contributed by atoms with Crippen LogP contribution in [0.3, 0.4) is 0 Å². The molecule has 0 aliphatic carbocycles.